The minimum absolute atomic E-state index is 0.0157. The zero-order valence-corrected chi connectivity index (χ0v) is 9.68. The first-order chi connectivity index (χ1) is 8.22. The Labute approximate surface area is 98.7 Å². The highest BCUT2D eigenvalue weighted by Gasteiger charge is 2.05. The van der Waals surface area contributed by atoms with Gasteiger partial charge in [0, 0.05) is 18.8 Å². The Hall–Kier alpha value is -1.88. The molecule has 2 rings (SSSR count). The third-order valence-electron chi connectivity index (χ3n) is 2.46. The summed E-state index contributed by atoms with van der Waals surface area (Å²) in [5.74, 6) is 0.0157. The maximum Gasteiger partial charge on any atom is 0.258 e. The standard InChI is InChI=1S/C12H15N3O2/c1-2-5-13-8-9-7-11(17)15-6-3-4-10(16)12(15)14-9/h3-4,6-7,13,16H,2,5,8H2,1H3. The third kappa shape index (κ3) is 2.45. The molecule has 2 aromatic rings. The van der Waals surface area contributed by atoms with Gasteiger partial charge in [-0.05, 0) is 25.1 Å². The summed E-state index contributed by atoms with van der Waals surface area (Å²) < 4.78 is 1.33. The Kier molecular flexibility index (Phi) is 3.39. The van der Waals surface area contributed by atoms with Gasteiger partial charge >= 0.3 is 0 Å². The molecule has 2 heterocycles. The molecule has 0 aromatic carbocycles. The van der Waals surface area contributed by atoms with Gasteiger partial charge in [-0.3, -0.25) is 9.20 Å². The average Bonchev–Trinajstić information content (AvgIpc) is 2.31. The van der Waals surface area contributed by atoms with Gasteiger partial charge in [-0.15, -0.1) is 0 Å². The van der Waals surface area contributed by atoms with Gasteiger partial charge < -0.3 is 10.4 Å². The second-order valence-corrected chi connectivity index (χ2v) is 3.85. The van der Waals surface area contributed by atoms with E-state index >= 15 is 0 Å². The molecule has 0 saturated heterocycles. The monoisotopic (exact) mass is 233 g/mol. The van der Waals surface area contributed by atoms with Gasteiger partial charge in [0.15, 0.2) is 11.4 Å². The molecule has 0 saturated carbocycles. The number of aromatic nitrogens is 2. The number of pyridine rings is 1. The predicted octanol–water partition coefficient (Wildman–Crippen LogP) is 0.900. The first kappa shape index (κ1) is 11.6. The number of fused-ring (bicyclic) bond motifs is 1. The van der Waals surface area contributed by atoms with Crippen molar-refractivity contribution in [2.75, 3.05) is 6.54 Å². The zero-order chi connectivity index (χ0) is 12.3. The number of aromatic hydroxyl groups is 1. The van der Waals surface area contributed by atoms with Crippen molar-refractivity contribution in [2.45, 2.75) is 19.9 Å². The van der Waals surface area contributed by atoms with E-state index in [1.807, 2.05) is 0 Å². The van der Waals surface area contributed by atoms with E-state index in [4.69, 9.17) is 0 Å². The smallest absolute Gasteiger partial charge is 0.258 e. The van der Waals surface area contributed by atoms with Gasteiger partial charge in [0.1, 0.15) is 0 Å². The molecule has 0 aliphatic rings. The lowest BCUT2D eigenvalue weighted by Gasteiger charge is -2.05. The van der Waals surface area contributed by atoms with Crippen LogP contribution >= 0.6 is 0 Å². The molecule has 0 aliphatic heterocycles. The Morgan fingerprint density at radius 2 is 2.35 bits per heavy atom. The molecule has 0 amide bonds. The van der Waals surface area contributed by atoms with E-state index in [0.29, 0.717) is 17.9 Å². The lowest BCUT2D eigenvalue weighted by molar-refractivity contribution is 0.476. The van der Waals surface area contributed by atoms with E-state index in [2.05, 4.69) is 17.2 Å². The molecule has 0 bridgehead atoms. The van der Waals surface area contributed by atoms with E-state index in [-0.39, 0.29) is 11.3 Å². The number of hydrogen-bond acceptors (Lipinski definition) is 4. The molecule has 90 valence electrons. The summed E-state index contributed by atoms with van der Waals surface area (Å²) in [6.07, 6.45) is 2.62. The predicted molar refractivity (Wildman–Crippen MR) is 65.1 cm³/mol. The number of rotatable bonds is 4. The zero-order valence-electron chi connectivity index (χ0n) is 9.68. The van der Waals surface area contributed by atoms with Crippen LogP contribution in [0.15, 0.2) is 29.2 Å². The Bertz CT molecular complexity index is 577. The van der Waals surface area contributed by atoms with E-state index in [1.165, 1.54) is 16.5 Å². The third-order valence-corrected chi connectivity index (χ3v) is 2.46. The lowest BCUT2D eigenvalue weighted by Crippen LogP contribution is -2.20. The van der Waals surface area contributed by atoms with Crippen molar-refractivity contribution in [1.82, 2.24) is 14.7 Å². The molecule has 0 spiro atoms. The number of nitrogens with zero attached hydrogens (tertiary/aromatic N) is 2. The molecule has 0 aliphatic carbocycles. The van der Waals surface area contributed by atoms with Crippen molar-refractivity contribution in [3.8, 4) is 5.75 Å². The van der Waals surface area contributed by atoms with E-state index < -0.39 is 0 Å². The molecule has 0 fully saturated rings. The van der Waals surface area contributed by atoms with Crippen LogP contribution in [0.4, 0.5) is 0 Å². The Morgan fingerprint density at radius 3 is 3.12 bits per heavy atom. The fraction of sp³-hybridized carbons (Fsp3) is 0.333. The molecule has 2 aromatic heterocycles. The number of hydrogen-bond donors (Lipinski definition) is 2. The van der Waals surface area contributed by atoms with Gasteiger partial charge in [-0.1, -0.05) is 6.92 Å². The van der Waals surface area contributed by atoms with Crippen LogP contribution in [0.2, 0.25) is 0 Å². The second kappa shape index (κ2) is 4.97. The molecule has 0 unspecified atom stereocenters. The van der Waals surface area contributed by atoms with Crippen LogP contribution in [-0.2, 0) is 6.54 Å². The summed E-state index contributed by atoms with van der Waals surface area (Å²) in [6, 6.07) is 4.61. The Morgan fingerprint density at radius 1 is 1.53 bits per heavy atom. The maximum absolute atomic E-state index is 11.8. The first-order valence-electron chi connectivity index (χ1n) is 5.63. The highest BCUT2D eigenvalue weighted by atomic mass is 16.3. The fourth-order valence-corrected chi connectivity index (χ4v) is 1.64. The van der Waals surface area contributed by atoms with Crippen LogP contribution in [-0.4, -0.2) is 21.0 Å². The van der Waals surface area contributed by atoms with E-state index in [0.717, 1.165) is 13.0 Å². The highest BCUT2D eigenvalue weighted by molar-refractivity contribution is 5.52. The van der Waals surface area contributed by atoms with E-state index in [9.17, 15) is 9.90 Å². The van der Waals surface area contributed by atoms with Gasteiger partial charge in [0.05, 0.1) is 5.69 Å². The van der Waals surface area contributed by atoms with Crippen molar-refractivity contribution >= 4 is 5.65 Å². The topological polar surface area (TPSA) is 66.6 Å². The van der Waals surface area contributed by atoms with Crippen molar-refractivity contribution in [3.63, 3.8) is 0 Å². The van der Waals surface area contributed by atoms with Crippen molar-refractivity contribution in [2.24, 2.45) is 0 Å². The molecule has 2 N–H and O–H groups in total. The summed E-state index contributed by atoms with van der Waals surface area (Å²) in [5, 5.41) is 12.8. The molecule has 0 radical (unpaired) electrons. The average molecular weight is 233 g/mol. The summed E-state index contributed by atoms with van der Waals surface area (Å²) in [7, 11) is 0. The summed E-state index contributed by atoms with van der Waals surface area (Å²) in [4.78, 5) is 16.0. The van der Waals surface area contributed by atoms with Gasteiger partial charge in [-0.25, -0.2) is 4.98 Å². The number of nitrogens with one attached hydrogen (secondary N) is 1. The molecular formula is C12H15N3O2. The summed E-state index contributed by atoms with van der Waals surface area (Å²) in [6.45, 7) is 3.48. The molecule has 0 atom stereocenters. The highest BCUT2D eigenvalue weighted by Crippen LogP contribution is 2.13. The normalized spacial score (nSPS) is 10.9. The largest absolute Gasteiger partial charge is 0.504 e. The molecule has 5 heteroatoms. The fourth-order valence-electron chi connectivity index (χ4n) is 1.64. The molecule has 17 heavy (non-hydrogen) atoms. The van der Waals surface area contributed by atoms with Gasteiger partial charge in [0.2, 0.25) is 0 Å². The minimum Gasteiger partial charge on any atom is -0.504 e. The molecular weight excluding hydrogens is 218 g/mol. The van der Waals surface area contributed by atoms with Crippen LogP contribution in [0.3, 0.4) is 0 Å². The van der Waals surface area contributed by atoms with Crippen molar-refractivity contribution in [3.05, 3.63) is 40.4 Å². The minimum atomic E-state index is -0.181. The summed E-state index contributed by atoms with van der Waals surface area (Å²) in [5.41, 5.74) is 0.762. The maximum atomic E-state index is 11.8. The van der Waals surface area contributed by atoms with Crippen LogP contribution in [0.1, 0.15) is 19.0 Å². The SMILES string of the molecule is CCCNCc1cc(=O)n2cccc(O)c2n1. The van der Waals surface area contributed by atoms with Crippen LogP contribution in [0.5, 0.6) is 5.75 Å². The molecule has 5 nitrogen and oxygen atoms in total. The van der Waals surface area contributed by atoms with Crippen LogP contribution < -0.4 is 10.9 Å². The lowest BCUT2D eigenvalue weighted by atomic mass is 10.3. The second-order valence-electron chi connectivity index (χ2n) is 3.85. The van der Waals surface area contributed by atoms with Crippen LogP contribution in [0.25, 0.3) is 5.65 Å². The van der Waals surface area contributed by atoms with Gasteiger partial charge in [-0.2, -0.15) is 0 Å². The quantitative estimate of drug-likeness (QED) is 0.770. The Balaban J connectivity index is 2.40. The summed E-state index contributed by atoms with van der Waals surface area (Å²) >= 11 is 0. The van der Waals surface area contributed by atoms with Crippen LogP contribution in [0, 0.1) is 0 Å². The van der Waals surface area contributed by atoms with Crippen molar-refractivity contribution < 1.29 is 5.11 Å². The van der Waals surface area contributed by atoms with Crippen molar-refractivity contribution in [1.29, 1.82) is 0 Å². The first-order valence-corrected chi connectivity index (χ1v) is 5.63. The van der Waals surface area contributed by atoms with Gasteiger partial charge in [0.25, 0.3) is 5.56 Å². The van der Waals surface area contributed by atoms with E-state index in [1.54, 1.807) is 12.3 Å².